The molecule has 0 aliphatic rings. The summed E-state index contributed by atoms with van der Waals surface area (Å²) in [7, 11) is 0. The van der Waals surface area contributed by atoms with Gasteiger partial charge in [-0.25, -0.2) is 14.6 Å². The van der Waals surface area contributed by atoms with Crippen molar-refractivity contribution < 1.29 is 136 Å². The van der Waals surface area contributed by atoms with Crippen LogP contribution in [0.1, 0.15) is 167 Å². The molecule has 2 aromatic carbocycles. The van der Waals surface area contributed by atoms with E-state index in [-0.39, 0.29) is 75.0 Å². The van der Waals surface area contributed by atoms with Crippen LogP contribution in [0.5, 0.6) is 0 Å². The highest BCUT2D eigenvalue weighted by Crippen LogP contribution is 2.20. The highest BCUT2D eigenvalue weighted by atomic mass is 16.6. The third-order valence-electron chi connectivity index (χ3n) is 20.2. The number of unbranched alkanes of at least 4 members (excludes halogenated alkanes) is 3. The van der Waals surface area contributed by atoms with Gasteiger partial charge in [0.2, 0.25) is 88.6 Å². The van der Waals surface area contributed by atoms with Crippen LogP contribution >= 0.6 is 0 Å². The fourth-order valence-corrected chi connectivity index (χ4v) is 12.7. The first-order chi connectivity index (χ1) is 63.8. The number of aliphatic hydroxyl groups is 2. The SMILES string of the molecule is CCCC[C@H](NC(=O)[C@H](Cc1c[nH]cn1)NC(=O)[C@H](CCC(N)=O)NC(=O)[C@H](CCCN=C(N)N)NC(=O)[C@H](CCC(=O)O)NC(=O)[C@H](Cc1ccccc1)NC(=O)[C@H](CCCCNC(=O)OCc1ccccc1[N+](=O)[O-])NC(=O)[C@H](C)NC(=O)[C@H](C)NC(=O)[C@H](C)NC(=O)[C@@H](NC(=O)[C@H](CCC(=O)O)NC(=O)[C@@H](N)CCCCN)[C@@H](C)O)C(=O)N[C@@H](CC(=O)O)C(=O)N[C@@H](CO)C(=O)O. The molecule has 3 rings (SSSR count). The Labute approximate surface area is 773 Å². The molecule has 1 heterocycles. The number of aliphatic carboxylic acids is 4. The molecule has 16 amide bonds. The monoisotopic (exact) mass is 1910 g/mol. The van der Waals surface area contributed by atoms with Gasteiger partial charge in [-0.2, -0.15) is 0 Å². The van der Waals surface area contributed by atoms with Gasteiger partial charge in [-0.1, -0.05) is 68.7 Å². The second-order valence-electron chi connectivity index (χ2n) is 31.3. The van der Waals surface area contributed by atoms with Crippen molar-refractivity contribution in [2.24, 2.45) is 33.7 Å². The van der Waals surface area contributed by atoms with E-state index in [1.54, 1.807) is 25.1 Å². The molecule has 0 aliphatic carbocycles. The molecule has 16 atom stereocenters. The van der Waals surface area contributed by atoms with Crippen molar-refractivity contribution in [2.75, 3.05) is 26.2 Å². The Balaban J connectivity index is 2.05. The average molecular weight is 1910 g/mol. The van der Waals surface area contributed by atoms with E-state index in [0.717, 1.165) is 20.8 Å². The number of alkyl carbamates (subject to hydrolysis) is 1. The zero-order valence-corrected chi connectivity index (χ0v) is 75.1. The Kier molecular flexibility index (Phi) is 51.3. The van der Waals surface area contributed by atoms with E-state index in [2.05, 4.69) is 89.4 Å². The fraction of sp³-hybridized carbons (Fsp3) is 0.561. The smallest absolute Gasteiger partial charge is 0.407 e. The van der Waals surface area contributed by atoms with Gasteiger partial charge < -0.3 is 149 Å². The van der Waals surface area contributed by atoms with Gasteiger partial charge in [0, 0.05) is 57.5 Å². The van der Waals surface area contributed by atoms with Gasteiger partial charge in [-0.05, 0) is 116 Å². The summed E-state index contributed by atoms with van der Waals surface area (Å²) in [4.78, 5) is 292. The van der Waals surface area contributed by atoms with E-state index < -0.39 is 304 Å². The number of carbonyl (C=O) groups excluding carboxylic acids is 16. The number of nitrogens with one attached hydrogen (secondary N) is 16. The summed E-state index contributed by atoms with van der Waals surface area (Å²) in [6.45, 7) is 4.53. The minimum absolute atomic E-state index is 0.0119. The van der Waals surface area contributed by atoms with Crippen LogP contribution in [0.2, 0.25) is 0 Å². The number of aliphatic hydroxyl groups excluding tert-OH is 2. The van der Waals surface area contributed by atoms with Crippen LogP contribution in [0.15, 0.2) is 72.1 Å². The van der Waals surface area contributed by atoms with Gasteiger partial charge >= 0.3 is 30.0 Å². The Hall–Kier alpha value is -14.6. The number of nitrogens with two attached hydrogens (primary N) is 5. The molecule has 746 valence electrons. The number of nitro benzene ring substituents is 1. The zero-order valence-electron chi connectivity index (χ0n) is 75.1. The molecule has 1 aromatic heterocycles. The number of guanidine groups is 1. The quantitative estimate of drug-likeness (QED) is 0.00821. The molecule has 0 saturated carbocycles. The van der Waals surface area contributed by atoms with E-state index in [0.29, 0.717) is 31.4 Å². The number of carboxylic acids is 4. The van der Waals surface area contributed by atoms with Gasteiger partial charge in [0.25, 0.3) is 5.69 Å². The van der Waals surface area contributed by atoms with Crippen LogP contribution in [-0.4, -0.2) is 293 Å². The summed E-state index contributed by atoms with van der Waals surface area (Å²) in [6, 6.07) is -12.4. The van der Waals surface area contributed by atoms with E-state index in [1.807, 2.05) is 5.32 Å². The van der Waals surface area contributed by atoms with E-state index in [9.17, 15) is 132 Å². The maximum absolute atomic E-state index is 15.0. The van der Waals surface area contributed by atoms with Crippen molar-refractivity contribution in [1.29, 1.82) is 0 Å². The number of hydrogen-bond acceptors (Lipinski definition) is 29. The number of carboxylic acid groups (broad SMARTS) is 4. The number of aromatic nitrogens is 2. The van der Waals surface area contributed by atoms with Crippen molar-refractivity contribution in [3.05, 3.63) is 94.1 Å². The summed E-state index contributed by atoms with van der Waals surface area (Å²) >= 11 is 0. The predicted molar refractivity (Wildman–Crippen MR) is 473 cm³/mol. The number of imidazole rings is 1. The molecule has 0 radical (unpaired) electrons. The number of benzene rings is 2. The van der Waals surface area contributed by atoms with Crippen LogP contribution < -0.4 is 108 Å². The molecule has 0 fully saturated rings. The number of nitrogens with zero attached hydrogens (tertiary/aromatic N) is 3. The number of nitro groups is 1. The Bertz CT molecular complexity index is 4560. The lowest BCUT2D eigenvalue weighted by molar-refractivity contribution is -0.385. The molecule has 32 N–H and O–H groups in total. The number of carbonyl (C=O) groups is 20. The van der Waals surface area contributed by atoms with Gasteiger partial charge in [0.15, 0.2) is 5.96 Å². The molecule has 0 spiro atoms. The number of rotatable bonds is 65. The Morgan fingerprint density at radius 2 is 0.896 bits per heavy atom. The normalized spacial score (nSPS) is 14.5. The number of ether oxygens (including phenoxy) is 1. The van der Waals surface area contributed by atoms with Gasteiger partial charge in [0.1, 0.15) is 91.2 Å². The third kappa shape index (κ3) is 44.0. The number of primary amides is 1. The first kappa shape index (κ1) is 115. The molecule has 53 heteroatoms. The fourth-order valence-electron chi connectivity index (χ4n) is 12.7. The molecule has 0 bridgehead atoms. The second-order valence-corrected chi connectivity index (χ2v) is 31.3. The molecular weight excluding hydrogens is 1790 g/mol. The average Bonchev–Trinajstić information content (AvgIpc) is 1.69. The van der Waals surface area contributed by atoms with Crippen LogP contribution in [0.25, 0.3) is 0 Å². The van der Waals surface area contributed by atoms with Crippen molar-refractivity contribution in [3.8, 4) is 0 Å². The molecule has 135 heavy (non-hydrogen) atoms. The lowest BCUT2D eigenvalue weighted by Crippen LogP contribution is -2.61. The third-order valence-corrected chi connectivity index (χ3v) is 20.2. The lowest BCUT2D eigenvalue weighted by Gasteiger charge is -2.28. The van der Waals surface area contributed by atoms with Gasteiger partial charge in [-0.15, -0.1) is 0 Å². The minimum atomic E-state index is -1.98. The molecular formula is C82H124N24O29. The van der Waals surface area contributed by atoms with Crippen molar-refractivity contribution in [2.45, 2.75) is 266 Å². The highest BCUT2D eigenvalue weighted by Gasteiger charge is 2.39. The number of aliphatic imine (C=N–C) groups is 1. The van der Waals surface area contributed by atoms with E-state index in [1.165, 1.54) is 55.8 Å². The van der Waals surface area contributed by atoms with Crippen LogP contribution in [0.4, 0.5) is 10.5 Å². The number of aromatic amines is 1. The summed E-state index contributed by atoms with van der Waals surface area (Å²) in [5, 5.41) is 106. The van der Waals surface area contributed by atoms with Crippen LogP contribution in [0.3, 0.4) is 0 Å². The first-order valence-electron chi connectivity index (χ1n) is 43.2. The lowest BCUT2D eigenvalue weighted by atomic mass is 10.0. The number of para-hydroxylation sites is 1. The molecule has 53 nitrogen and oxygen atoms in total. The zero-order chi connectivity index (χ0) is 101. The number of H-pyrrole nitrogens is 1. The number of amides is 16. The largest absolute Gasteiger partial charge is 0.481 e. The van der Waals surface area contributed by atoms with Gasteiger partial charge in [0.05, 0.1) is 47.7 Å². The topological polar surface area (TPSA) is 867 Å². The van der Waals surface area contributed by atoms with Crippen molar-refractivity contribution >= 4 is 130 Å². The highest BCUT2D eigenvalue weighted by molar-refractivity contribution is 6.01. The van der Waals surface area contributed by atoms with Gasteiger partial charge in [-0.3, -0.25) is 101 Å². The molecule has 0 unspecified atom stereocenters. The summed E-state index contributed by atoms with van der Waals surface area (Å²) in [6.07, 6.45) is -5.66. The maximum Gasteiger partial charge on any atom is 0.407 e. The summed E-state index contributed by atoms with van der Waals surface area (Å²) in [5.74, 6) is -23.6. The Morgan fingerprint density at radius 1 is 0.474 bits per heavy atom. The number of hydrogen-bond donors (Lipinski definition) is 27. The molecule has 0 aliphatic heterocycles. The standard InChI is InChI=1S/C82H124N24O29/c1-6-7-22-50(71(121)103-58(37-64(114)115)78(128)104-59(39-107)80(130)131)98-77(127)57(36-48-38-88-41-91-48)102-74(124)53(26-29-61(85)109)99-70(120)52(24-17-34-89-81(86)87)97-73(123)54(27-30-62(110)111)100-76(126)56(35-46-18-9-8-10-19-46)101-72(122)51(23-14-16-33-90-82(132)135-40-47-20-11-12-25-60(47)106(133)134)95-68(118)44(4)93-66(116)42(2)92-67(117)43(3)94-79(129)65(45(5)108)105-75(125)55(28-31-63(112)113)96-69(119)49(84)21-13-15-32-83/h8-12,18-20,25,38,41-45,49-59,65,107-108H,6-7,13-17,21-24,26-37,39-40,83-84H2,1-5H3,(H2,85,109)(H,88,91)(H,90,132)(H,92,117)(H,93,116)(H,94,129)(H,95,118)(H,96,119)(H,97,123)(H,98,127)(H,99,120)(H,100,126)(H,101,122)(H,102,124)(H,103,121)(H,104,128)(H,105,125)(H,110,111)(H,112,113)(H,114,115)(H,130,131)(H4,86,87,89)/t42-,43-,44-,45+,49-,50-,51-,52-,53-,54-,55-,56-,57-,58-,59-,65-/m0/s1. The molecule has 0 saturated heterocycles. The van der Waals surface area contributed by atoms with E-state index in [4.69, 9.17) is 33.4 Å². The van der Waals surface area contributed by atoms with E-state index >= 15 is 4.79 Å². The van der Waals surface area contributed by atoms with Crippen LogP contribution in [0, 0.1) is 10.1 Å². The van der Waals surface area contributed by atoms with Crippen molar-refractivity contribution in [3.63, 3.8) is 0 Å². The Morgan fingerprint density at radius 3 is 1.36 bits per heavy atom. The first-order valence-corrected chi connectivity index (χ1v) is 43.2. The summed E-state index contributed by atoms with van der Waals surface area (Å²) < 4.78 is 5.19. The van der Waals surface area contributed by atoms with Crippen molar-refractivity contribution in [1.82, 2.24) is 89.7 Å². The second kappa shape index (κ2) is 60.4. The molecule has 3 aromatic rings. The summed E-state index contributed by atoms with van der Waals surface area (Å²) in [5.41, 5.74) is 28.4. The van der Waals surface area contributed by atoms with Crippen LogP contribution in [-0.2, 0) is 115 Å². The maximum atomic E-state index is 15.0. The predicted octanol–water partition coefficient (Wildman–Crippen LogP) is -7.33. The minimum Gasteiger partial charge on any atom is -0.481 e.